The van der Waals surface area contributed by atoms with Crippen LogP contribution in [0.15, 0.2) is 36.5 Å². The van der Waals surface area contributed by atoms with Gasteiger partial charge in [0.25, 0.3) is 5.91 Å². The van der Waals surface area contributed by atoms with E-state index in [1.807, 2.05) is 40.0 Å². The number of hydrogen-bond acceptors (Lipinski definition) is 4. The van der Waals surface area contributed by atoms with Crippen molar-refractivity contribution in [2.75, 3.05) is 31.5 Å². The summed E-state index contributed by atoms with van der Waals surface area (Å²) in [4.78, 5) is 26.6. The summed E-state index contributed by atoms with van der Waals surface area (Å²) in [6.45, 7) is 3.74. The first-order valence-corrected chi connectivity index (χ1v) is 10.6. The molecule has 2 aliphatic rings. The number of aryl methyl sites for hydroxylation is 1. The summed E-state index contributed by atoms with van der Waals surface area (Å²) < 4.78 is 1.89. The monoisotopic (exact) mass is 431 g/mol. The Hall–Kier alpha value is -2.38. The van der Waals surface area contributed by atoms with Crippen molar-refractivity contribution in [3.8, 4) is 0 Å². The third-order valence-electron chi connectivity index (χ3n) is 5.78. The molecular weight excluding hydrogens is 402 g/mol. The van der Waals surface area contributed by atoms with E-state index in [-0.39, 0.29) is 24.2 Å². The Kier molecular flexibility index (Phi) is 7.87. The van der Waals surface area contributed by atoms with Gasteiger partial charge in [-0.15, -0.1) is 12.4 Å². The Morgan fingerprint density at radius 3 is 2.57 bits per heavy atom. The summed E-state index contributed by atoms with van der Waals surface area (Å²) in [6, 6.07) is 9.79. The molecule has 0 spiro atoms. The lowest BCUT2D eigenvalue weighted by Gasteiger charge is -2.22. The van der Waals surface area contributed by atoms with Crippen molar-refractivity contribution in [3.63, 3.8) is 0 Å². The van der Waals surface area contributed by atoms with E-state index in [9.17, 15) is 9.59 Å². The number of hydrogen-bond donors (Lipinski definition) is 2. The molecule has 2 saturated heterocycles. The third-order valence-corrected chi connectivity index (χ3v) is 5.78. The molecule has 1 atom stereocenters. The van der Waals surface area contributed by atoms with Crippen LogP contribution in [-0.2, 0) is 11.2 Å². The van der Waals surface area contributed by atoms with Gasteiger partial charge in [-0.25, -0.2) is 0 Å². The van der Waals surface area contributed by atoms with E-state index in [0.29, 0.717) is 18.2 Å². The summed E-state index contributed by atoms with van der Waals surface area (Å²) in [6.07, 6.45) is 7.60. The maximum atomic E-state index is 12.5. The van der Waals surface area contributed by atoms with Crippen LogP contribution >= 0.6 is 12.4 Å². The lowest BCUT2D eigenvalue weighted by Crippen LogP contribution is -2.32. The maximum absolute atomic E-state index is 12.5. The number of aromatic nitrogens is 2. The van der Waals surface area contributed by atoms with Gasteiger partial charge in [-0.1, -0.05) is 12.1 Å². The van der Waals surface area contributed by atoms with Gasteiger partial charge in [0, 0.05) is 37.9 Å². The molecule has 0 bridgehead atoms. The fraction of sp³-hybridized carbons (Fsp3) is 0.500. The second-order valence-electron chi connectivity index (χ2n) is 7.92. The van der Waals surface area contributed by atoms with Gasteiger partial charge < -0.3 is 15.5 Å². The molecule has 1 aromatic heterocycles. The highest BCUT2D eigenvalue weighted by Gasteiger charge is 2.19. The zero-order chi connectivity index (χ0) is 20.1. The van der Waals surface area contributed by atoms with Crippen molar-refractivity contribution in [2.24, 2.45) is 0 Å². The van der Waals surface area contributed by atoms with Gasteiger partial charge in [-0.3, -0.25) is 14.3 Å². The topological polar surface area (TPSA) is 79.3 Å². The Morgan fingerprint density at radius 1 is 1.10 bits per heavy atom. The molecule has 4 rings (SSSR count). The molecule has 1 aromatic carbocycles. The lowest BCUT2D eigenvalue weighted by atomic mass is 10.1. The van der Waals surface area contributed by atoms with E-state index in [4.69, 9.17) is 0 Å². The smallest absolute Gasteiger partial charge is 0.276 e. The molecule has 162 valence electrons. The second kappa shape index (κ2) is 10.6. The van der Waals surface area contributed by atoms with Crippen LogP contribution in [0.4, 0.5) is 5.69 Å². The van der Waals surface area contributed by atoms with Crippen LogP contribution in [0.3, 0.4) is 0 Å². The van der Waals surface area contributed by atoms with E-state index in [2.05, 4.69) is 15.7 Å². The normalized spacial score (nSPS) is 18.7. The summed E-state index contributed by atoms with van der Waals surface area (Å²) in [5.41, 5.74) is 2.26. The third kappa shape index (κ3) is 5.61. The van der Waals surface area contributed by atoms with E-state index in [0.717, 1.165) is 69.5 Å². The van der Waals surface area contributed by atoms with Crippen LogP contribution in [-0.4, -0.2) is 52.7 Å². The van der Waals surface area contributed by atoms with Crippen molar-refractivity contribution in [2.45, 2.75) is 44.6 Å². The minimum absolute atomic E-state index is 0. The number of benzene rings is 1. The molecule has 2 N–H and O–H groups in total. The van der Waals surface area contributed by atoms with Crippen molar-refractivity contribution >= 4 is 29.9 Å². The minimum Gasteiger partial charge on any atom is -0.343 e. The number of nitrogens with one attached hydrogen (secondary N) is 2. The first-order valence-electron chi connectivity index (χ1n) is 10.6. The van der Waals surface area contributed by atoms with Gasteiger partial charge in [0.2, 0.25) is 5.91 Å². The molecule has 2 aliphatic heterocycles. The number of piperidine rings is 1. The molecule has 0 radical (unpaired) electrons. The molecule has 2 aromatic rings. The van der Waals surface area contributed by atoms with Crippen LogP contribution in [0.1, 0.15) is 54.2 Å². The van der Waals surface area contributed by atoms with Gasteiger partial charge in [-0.05, 0) is 62.4 Å². The van der Waals surface area contributed by atoms with Gasteiger partial charge in [0.15, 0.2) is 5.69 Å². The van der Waals surface area contributed by atoms with Crippen LogP contribution in [0.5, 0.6) is 0 Å². The Labute approximate surface area is 183 Å². The van der Waals surface area contributed by atoms with Crippen LogP contribution < -0.4 is 10.6 Å². The first-order chi connectivity index (χ1) is 14.2. The number of nitrogens with zero attached hydrogens (tertiary/aromatic N) is 3. The van der Waals surface area contributed by atoms with Crippen molar-refractivity contribution < 1.29 is 9.59 Å². The highest BCUT2D eigenvalue weighted by Crippen LogP contribution is 2.17. The van der Waals surface area contributed by atoms with E-state index >= 15 is 0 Å². The lowest BCUT2D eigenvalue weighted by molar-refractivity contribution is -0.130. The summed E-state index contributed by atoms with van der Waals surface area (Å²) >= 11 is 0. The molecule has 1 unspecified atom stereocenters. The second-order valence-corrected chi connectivity index (χ2v) is 7.92. The average Bonchev–Trinajstić information content (AvgIpc) is 3.46. The van der Waals surface area contributed by atoms with E-state index in [1.165, 1.54) is 0 Å². The maximum Gasteiger partial charge on any atom is 0.276 e. The van der Waals surface area contributed by atoms with Gasteiger partial charge in [0.1, 0.15) is 0 Å². The number of carbonyl (C=O) groups excluding carboxylic acids is 2. The molecular formula is C22H30ClN5O2. The van der Waals surface area contributed by atoms with Crippen molar-refractivity contribution in [3.05, 3.63) is 47.8 Å². The molecule has 0 aliphatic carbocycles. The highest BCUT2D eigenvalue weighted by atomic mass is 35.5. The fourth-order valence-electron chi connectivity index (χ4n) is 4.05. The number of rotatable bonds is 6. The Bertz CT molecular complexity index is 839. The average molecular weight is 432 g/mol. The van der Waals surface area contributed by atoms with E-state index < -0.39 is 0 Å². The predicted molar refractivity (Wildman–Crippen MR) is 119 cm³/mol. The quantitative estimate of drug-likeness (QED) is 0.736. The molecule has 7 nitrogen and oxygen atoms in total. The fourth-order valence-corrected chi connectivity index (χ4v) is 4.05. The Morgan fingerprint density at radius 2 is 1.87 bits per heavy atom. The van der Waals surface area contributed by atoms with Crippen LogP contribution in [0.25, 0.3) is 0 Å². The first kappa shape index (κ1) is 22.3. The van der Waals surface area contributed by atoms with Gasteiger partial charge in [0.05, 0.1) is 6.04 Å². The number of anilines is 1. The SMILES string of the molecule is Cl.O=C(Nc1ccc(CCC(=O)N2CCCC2)cc1)c1ccn(C2CCCNC2)n1. The number of halogens is 1. The van der Waals surface area contributed by atoms with Crippen molar-refractivity contribution in [1.82, 2.24) is 20.0 Å². The standard InChI is InChI=1S/C22H29N5O2.ClH/c28-21(26-13-1-2-14-26)10-7-17-5-8-18(9-6-17)24-22(29)20-11-15-27(25-20)19-4-3-12-23-16-19;/h5-6,8-9,11,15,19,23H,1-4,7,10,12-14,16H2,(H,24,29);1H. The molecule has 0 saturated carbocycles. The largest absolute Gasteiger partial charge is 0.343 e. The zero-order valence-corrected chi connectivity index (χ0v) is 18.0. The molecule has 30 heavy (non-hydrogen) atoms. The molecule has 2 amide bonds. The van der Waals surface area contributed by atoms with Gasteiger partial charge >= 0.3 is 0 Å². The number of amides is 2. The van der Waals surface area contributed by atoms with E-state index in [1.54, 1.807) is 6.07 Å². The highest BCUT2D eigenvalue weighted by molar-refractivity contribution is 6.02. The minimum atomic E-state index is -0.204. The molecule has 3 heterocycles. The summed E-state index contributed by atoms with van der Waals surface area (Å²) in [7, 11) is 0. The van der Waals surface area contributed by atoms with Crippen LogP contribution in [0.2, 0.25) is 0 Å². The molecule has 8 heteroatoms. The number of carbonyl (C=O) groups is 2. The zero-order valence-electron chi connectivity index (χ0n) is 17.2. The summed E-state index contributed by atoms with van der Waals surface area (Å²) in [5.74, 6) is 0.0353. The van der Waals surface area contributed by atoms with Crippen molar-refractivity contribution in [1.29, 1.82) is 0 Å². The summed E-state index contributed by atoms with van der Waals surface area (Å²) in [5, 5.41) is 10.7. The number of likely N-dealkylation sites (tertiary alicyclic amines) is 1. The van der Waals surface area contributed by atoms with Crippen LogP contribution in [0, 0.1) is 0 Å². The molecule has 2 fully saturated rings. The van der Waals surface area contributed by atoms with Gasteiger partial charge in [-0.2, -0.15) is 5.10 Å². The Balaban J connectivity index is 0.00000256. The predicted octanol–water partition coefficient (Wildman–Crippen LogP) is 3.04.